The van der Waals surface area contributed by atoms with Crippen molar-refractivity contribution in [3.05, 3.63) is 42.1 Å². The molecule has 1 saturated heterocycles. The van der Waals surface area contributed by atoms with Crippen LogP contribution in [-0.2, 0) is 11.2 Å². The molecule has 2 aromatic rings. The Morgan fingerprint density at radius 2 is 1.88 bits per heavy atom. The van der Waals surface area contributed by atoms with Crippen molar-refractivity contribution in [2.24, 2.45) is 5.92 Å². The minimum atomic E-state index is 0.180. The highest BCUT2D eigenvalue weighted by Gasteiger charge is 2.25. The van der Waals surface area contributed by atoms with Crippen LogP contribution in [0.3, 0.4) is 0 Å². The summed E-state index contributed by atoms with van der Waals surface area (Å²) < 4.78 is 2.04. The predicted octanol–water partition coefficient (Wildman–Crippen LogP) is 3.25. The van der Waals surface area contributed by atoms with Gasteiger partial charge in [-0.1, -0.05) is 18.2 Å². The van der Waals surface area contributed by atoms with Crippen LogP contribution in [0.5, 0.6) is 0 Å². The number of carbonyl (C=O) groups excluding carboxylic acids is 1. The number of rotatable bonds is 5. The summed E-state index contributed by atoms with van der Waals surface area (Å²) in [6.45, 7) is 3.32. The van der Waals surface area contributed by atoms with Gasteiger partial charge in [0.2, 0.25) is 5.91 Å². The van der Waals surface area contributed by atoms with Gasteiger partial charge in [0.05, 0.1) is 11.4 Å². The number of hydrogen-bond donors (Lipinski definition) is 1. The van der Waals surface area contributed by atoms with Crippen LogP contribution in [0.1, 0.15) is 38.3 Å². The standard InChI is InChI=1S/C20H26N4O/c1-15(25)23-11-9-17(10-12-23)21-20-14-18(13-16-7-8-16)22-24(20)19-5-3-2-4-6-19/h2-6,14,16-17,21H,7-13H2,1H3. The molecule has 25 heavy (non-hydrogen) atoms. The van der Waals surface area contributed by atoms with Gasteiger partial charge in [0.15, 0.2) is 0 Å². The molecule has 1 saturated carbocycles. The van der Waals surface area contributed by atoms with Crippen molar-refractivity contribution in [1.82, 2.24) is 14.7 Å². The number of amides is 1. The molecule has 132 valence electrons. The van der Waals surface area contributed by atoms with Gasteiger partial charge in [0.25, 0.3) is 0 Å². The van der Waals surface area contributed by atoms with E-state index in [-0.39, 0.29) is 5.91 Å². The van der Waals surface area contributed by atoms with Gasteiger partial charge < -0.3 is 10.2 Å². The number of hydrogen-bond acceptors (Lipinski definition) is 3. The molecule has 5 heteroatoms. The summed E-state index contributed by atoms with van der Waals surface area (Å²) >= 11 is 0. The molecule has 2 heterocycles. The van der Waals surface area contributed by atoms with Crippen LogP contribution in [-0.4, -0.2) is 39.7 Å². The summed E-state index contributed by atoms with van der Waals surface area (Å²) in [7, 11) is 0. The largest absolute Gasteiger partial charge is 0.367 e. The molecule has 2 fully saturated rings. The van der Waals surface area contributed by atoms with Crippen molar-refractivity contribution in [2.75, 3.05) is 18.4 Å². The fraction of sp³-hybridized carbons (Fsp3) is 0.500. The molecule has 0 unspecified atom stereocenters. The molecular weight excluding hydrogens is 312 g/mol. The third-order valence-corrected chi connectivity index (χ3v) is 5.25. The van der Waals surface area contributed by atoms with Crippen molar-refractivity contribution in [2.45, 2.75) is 45.1 Å². The zero-order chi connectivity index (χ0) is 17.2. The highest BCUT2D eigenvalue weighted by atomic mass is 16.2. The SMILES string of the molecule is CC(=O)N1CCC(Nc2cc(CC3CC3)nn2-c2ccccc2)CC1. The lowest BCUT2D eigenvalue weighted by Gasteiger charge is -2.32. The second-order valence-electron chi connectivity index (χ2n) is 7.34. The van der Waals surface area contributed by atoms with Crippen molar-refractivity contribution in [1.29, 1.82) is 0 Å². The summed E-state index contributed by atoms with van der Waals surface area (Å²) in [5, 5.41) is 8.54. The van der Waals surface area contributed by atoms with Crippen LogP contribution in [0.4, 0.5) is 5.82 Å². The molecule has 1 aliphatic carbocycles. The molecule has 0 atom stereocenters. The van der Waals surface area contributed by atoms with E-state index in [0.717, 1.165) is 49.8 Å². The topological polar surface area (TPSA) is 50.2 Å². The zero-order valence-electron chi connectivity index (χ0n) is 14.8. The Balaban J connectivity index is 1.51. The maximum absolute atomic E-state index is 11.5. The lowest BCUT2D eigenvalue weighted by molar-refractivity contribution is -0.129. The van der Waals surface area contributed by atoms with Crippen molar-refractivity contribution in [3.63, 3.8) is 0 Å². The molecule has 0 spiro atoms. The van der Waals surface area contributed by atoms with E-state index in [0.29, 0.717) is 6.04 Å². The molecule has 1 aliphatic heterocycles. The number of anilines is 1. The Labute approximate surface area is 149 Å². The van der Waals surface area contributed by atoms with Crippen molar-refractivity contribution >= 4 is 11.7 Å². The van der Waals surface area contributed by atoms with Gasteiger partial charge in [-0.15, -0.1) is 0 Å². The first-order chi connectivity index (χ1) is 12.2. The van der Waals surface area contributed by atoms with Crippen molar-refractivity contribution < 1.29 is 4.79 Å². The maximum atomic E-state index is 11.5. The zero-order valence-corrected chi connectivity index (χ0v) is 14.8. The fourth-order valence-electron chi connectivity index (χ4n) is 3.56. The molecule has 1 N–H and O–H groups in total. The van der Waals surface area contributed by atoms with Crippen molar-refractivity contribution in [3.8, 4) is 5.69 Å². The molecule has 0 bridgehead atoms. The van der Waals surface area contributed by atoms with Crippen LogP contribution in [0.15, 0.2) is 36.4 Å². The molecular formula is C20H26N4O. The first kappa shape index (κ1) is 16.2. The van der Waals surface area contributed by atoms with Gasteiger partial charge in [0, 0.05) is 32.1 Å². The minimum absolute atomic E-state index is 0.180. The lowest BCUT2D eigenvalue weighted by Crippen LogP contribution is -2.41. The van der Waals surface area contributed by atoms with E-state index in [9.17, 15) is 4.79 Å². The predicted molar refractivity (Wildman–Crippen MR) is 98.9 cm³/mol. The number of carbonyl (C=O) groups is 1. The number of aromatic nitrogens is 2. The number of likely N-dealkylation sites (tertiary alicyclic amines) is 1. The molecule has 0 radical (unpaired) electrons. The van der Waals surface area contributed by atoms with E-state index in [1.807, 2.05) is 27.8 Å². The molecule has 5 nitrogen and oxygen atoms in total. The number of para-hydroxylation sites is 1. The first-order valence-electron chi connectivity index (χ1n) is 9.35. The summed E-state index contributed by atoms with van der Waals surface area (Å²) in [5.41, 5.74) is 2.27. The van der Waals surface area contributed by atoms with E-state index >= 15 is 0 Å². The van der Waals surface area contributed by atoms with E-state index in [1.54, 1.807) is 6.92 Å². The van der Waals surface area contributed by atoms with Crippen LogP contribution in [0.2, 0.25) is 0 Å². The van der Waals surface area contributed by atoms with Crippen LogP contribution >= 0.6 is 0 Å². The summed E-state index contributed by atoms with van der Waals surface area (Å²) in [4.78, 5) is 13.4. The average Bonchev–Trinajstić information content (AvgIpc) is 3.35. The molecule has 1 amide bonds. The molecule has 4 rings (SSSR count). The van der Waals surface area contributed by atoms with Crippen LogP contribution < -0.4 is 5.32 Å². The quantitative estimate of drug-likeness (QED) is 0.910. The van der Waals surface area contributed by atoms with Gasteiger partial charge in [-0.2, -0.15) is 5.10 Å². The smallest absolute Gasteiger partial charge is 0.219 e. The summed E-state index contributed by atoms with van der Waals surface area (Å²) in [6, 6.07) is 12.9. The third-order valence-electron chi connectivity index (χ3n) is 5.25. The number of piperidine rings is 1. The molecule has 1 aromatic carbocycles. The van der Waals surface area contributed by atoms with Gasteiger partial charge >= 0.3 is 0 Å². The van der Waals surface area contributed by atoms with Gasteiger partial charge in [0.1, 0.15) is 5.82 Å². The van der Waals surface area contributed by atoms with Gasteiger partial charge in [-0.05, 0) is 50.2 Å². The highest BCUT2D eigenvalue weighted by Crippen LogP contribution is 2.33. The normalized spacial score (nSPS) is 18.4. The van der Waals surface area contributed by atoms with Gasteiger partial charge in [-0.3, -0.25) is 4.79 Å². The number of nitrogens with zero attached hydrogens (tertiary/aromatic N) is 3. The van der Waals surface area contributed by atoms with E-state index in [1.165, 1.54) is 18.5 Å². The van der Waals surface area contributed by atoms with Gasteiger partial charge in [-0.25, -0.2) is 4.68 Å². The van der Waals surface area contributed by atoms with E-state index in [4.69, 9.17) is 5.10 Å². The molecule has 1 aromatic heterocycles. The summed E-state index contributed by atoms with van der Waals surface area (Å²) in [6.07, 6.45) is 5.72. The Morgan fingerprint density at radius 1 is 1.16 bits per heavy atom. The second kappa shape index (κ2) is 6.90. The fourth-order valence-corrected chi connectivity index (χ4v) is 3.56. The van der Waals surface area contributed by atoms with E-state index in [2.05, 4.69) is 23.5 Å². The minimum Gasteiger partial charge on any atom is -0.367 e. The van der Waals surface area contributed by atoms with Crippen LogP contribution in [0, 0.1) is 5.92 Å². The average molecular weight is 338 g/mol. The second-order valence-corrected chi connectivity index (χ2v) is 7.34. The monoisotopic (exact) mass is 338 g/mol. The third kappa shape index (κ3) is 3.86. The Hall–Kier alpha value is -2.30. The van der Waals surface area contributed by atoms with E-state index < -0.39 is 0 Å². The number of benzene rings is 1. The van der Waals surface area contributed by atoms with Crippen LogP contribution in [0.25, 0.3) is 5.69 Å². The lowest BCUT2D eigenvalue weighted by atomic mass is 10.1. The Bertz CT molecular complexity index is 727. The Morgan fingerprint density at radius 3 is 2.52 bits per heavy atom. The summed E-state index contributed by atoms with van der Waals surface area (Å²) in [5.74, 6) is 2.08. The molecule has 2 aliphatic rings. The number of nitrogens with one attached hydrogen (secondary N) is 1. The first-order valence-corrected chi connectivity index (χ1v) is 9.35. The highest BCUT2D eigenvalue weighted by molar-refractivity contribution is 5.73. The maximum Gasteiger partial charge on any atom is 0.219 e. The Kier molecular flexibility index (Phi) is 4.47.